The van der Waals surface area contributed by atoms with E-state index in [-0.39, 0.29) is 35.1 Å². The number of fused-ring (bicyclic) bond motifs is 1. The van der Waals surface area contributed by atoms with E-state index in [9.17, 15) is 13.2 Å². The van der Waals surface area contributed by atoms with E-state index in [4.69, 9.17) is 16.3 Å². The second-order valence-electron chi connectivity index (χ2n) is 10.7. The topological polar surface area (TPSA) is 70.2 Å². The smallest absolute Gasteiger partial charge is 0.248 e. The van der Waals surface area contributed by atoms with Gasteiger partial charge in [-0.05, 0) is 75.4 Å². The maximum atomic E-state index is 13.5. The first-order chi connectivity index (χ1) is 18.3. The third-order valence-electron chi connectivity index (χ3n) is 7.94. The summed E-state index contributed by atoms with van der Waals surface area (Å²) >= 11 is 8.21. The average Bonchev–Trinajstić information content (AvgIpc) is 3.30. The molecule has 0 unspecified atom stereocenters. The standard InChI is InChI=1S/C28H38ClN3O4S2/c1-21-8-7-10-25(29)28(21)38(34,35)32-14-6-3-9-23(32)19-36-20-27(33)31-15-11-26-22(17-31)16-24(37-26)18-30-12-4-2-5-13-30/h7-8,10,16,23H,2-6,9,11-15,17-20H2,1H3/t23-/m0/s1. The molecule has 2 fully saturated rings. The van der Waals surface area contributed by atoms with Gasteiger partial charge < -0.3 is 9.64 Å². The van der Waals surface area contributed by atoms with E-state index >= 15 is 0 Å². The number of amides is 1. The number of carbonyl (C=O) groups is 1. The van der Waals surface area contributed by atoms with Crippen LogP contribution in [0.15, 0.2) is 29.2 Å². The van der Waals surface area contributed by atoms with E-state index in [0.717, 1.165) is 25.8 Å². The number of halogens is 1. The van der Waals surface area contributed by atoms with Gasteiger partial charge in [-0.25, -0.2) is 8.42 Å². The third kappa shape index (κ3) is 6.29. The summed E-state index contributed by atoms with van der Waals surface area (Å²) in [5.41, 5.74) is 1.90. The Bertz CT molecular complexity index is 1220. The molecule has 0 bridgehead atoms. The Morgan fingerprint density at radius 3 is 2.68 bits per heavy atom. The lowest BCUT2D eigenvalue weighted by Gasteiger charge is -2.35. The number of carbonyl (C=O) groups excluding carboxylic acids is 1. The Balaban J connectivity index is 1.16. The molecule has 0 N–H and O–H groups in total. The summed E-state index contributed by atoms with van der Waals surface area (Å²) in [7, 11) is -3.76. The maximum Gasteiger partial charge on any atom is 0.248 e. The number of sulfonamides is 1. The van der Waals surface area contributed by atoms with E-state index in [2.05, 4.69) is 11.0 Å². The van der Waals surface area contributed by atoms with Crippen LogP contribution < -0.4 is 0 Å². The monoisotopic (exact) mass is 579 g/mol. The highest BCUT2D eigenvalue weighted by Gasteiger charge is 2.36. The Kier molecular flexibility index (Phi) is 9.12. The Hall–Kier alpha value is -1.49. The zero-order chi connectivity index (χ0) is 26.7. The molecule has 3 aliphatic rings. The van der Waals surface area contributed by atoms with Crippen LogP contribution >= 0.6 is 22.9 Å². The van der Waals surface area contributed by atoms with E-state index in [1.165, 1.54) is 52.0 Å². The predicted octanol–water partition coefficient (Wildman–Crippen LogP) is 4.84. The van der Waals surface area contributed by atoms with Crippen molar-refractivity contribution in [3.63, 3.8) is 0 Å². The second kappa shape index (κ2) is 12.4. The van der Waals surface area contributed by atoms with Gasteiger partial charge in [-0.3, -0.25) is 9.69 Å². The highest BCUT2D eigenvalue weighted by molar-refractivity contribution is 7.89. The highest BCUT2D eigenvalue weighted by Crippen LogP contribution is 2.32. The molecule has 0 radical (unpaired) electrons. The van der Waals surface area contributed by atoms with E-state index in [1.807, 2.05) is 16.2 Å². The van der Waals surface area contributed by atoms with Crippen molar-refractivity contribution in [3.8, 4) is 0 Å². The van der Waals surface area contributed by atoms with Crippen LogP contribution in [0, 0.1) is 6.92 Å². The number of rotatable bonds is 8. The molecule has 7 nitrogen and oxygen atoms in total. The second-order valence-corrected chi connectivity index (χ2v) is 14.2. The maximum absolute atomic E-state index is 13.5. The largest absolute Gasteiger partial charge is 0.370 e. The quantitative estimate of drug-likeness (QED) is 0.447. The minimum absolute atomic E-state index is 0.0321. The zero-order valence-corrected chi connectivity index (χ0v) is 24.6. The Labute approximate surface area is 235 Å². The third-order valence-corrected chi connectivity index (χ3v) is 11.7. The molecule has 0 spiro atoms. The molecule has 2 saturated heterocycles. The number of nitrogens with zero attached hydrogens (tertiary/aromatic N) is 3. The van der Waals surface area contributed by atoms with Crippen molar-refractivity contribution in [1.29, 1.82) is 0 Å². The SMILES string of the molecule is Cc1cccc(Cl)c1S(=O)(=O)N1CCCC[C@H]1COCC(=O)N1CCc2sc(CN3CCCCC3)cc2C1. The summed E-state index contributed by atoms with van der Waals surface area (Å²) in [6, 6.07) is 7.12. The Morgan fingerprint density at radius 2 is 1.89 bits per heavy atom. The van der Waals surface area contributed by atoms with Crippen LogP contribution in [-0.2, 0) is 39.1 Å². The molecule has 1 aromatic heterocycles. The van der Waals surface area contributed by atoms with Crippen molar-refractivity contribution in [2.24, 2.45) is 0 Å². The lowest BCUT2D eigenvalue weighted by atomic mass is 10.1. The van der Waals surface area contributed by atoms with Crippen LogP contribution in [0.25, 0.3) is 0 Å². The number of likely N-dealkylation sites (tertiary alicyclic amines) is 1. The molecule has 2 aromatic rings. The fraction of sp³-hybridized carbons (Fsp3) is 0.607. The molecule has 10 heteroatoms. The number of hydrogen-bond acceptors (Lipinski definition) is 6. The van der Waals surface area contributed by atoms with Gasteiger partial charge in [0.1, 0.15) is 11.5 Å². The molecular weight excluding hydrogens is 542 g/mol. The van der Waals surface area contributed by atoms with Gasteiger partial charge in [0.15, 0.2) is 0 Å². The molecule has 0 saturated carbocycles. The van der Waals surface area contributed by atoms with Crippen molar-refractivity contribution in [1.82, 2.24) is 14.1 Å². The predicted molar refractivity (Wildman–Crippen MR) is 151 cm³/mol. The van der Waals surface area contributed by atoms with Crippen molar-refractivity contribution in [2.75, 3.05) is 39.4 Å². The van der Waals surface area contributed by atoms with Crippen LogP contribution in [0.3, 0.4) is 0 Å². The van der Waals surface area contributed by atoms with Crippen LogP contribution in [0.1, 0.15) is 59.4 Å². The van der Waals surface area contributed by atoms with Gasteiger partial charge in [-0.15, -0.1) is 11.3 Å². The van der Waals surface area contributed by atoms with E-state index < -0.39 is 10.0 Å². The molecule has 3 aliphatic heterocycles. The molecule has 0 aliphatic carbocycles. The number of hydrogen-bond donors (Lipinski definition) is 0. The molecule has 38 heavy (non-hydrogen) atoms. The van der Waals surface area contributed by atoms with Gasteiger partial charge in [0.05, 0.1) is 11.6 Å². The fourth-order valence-electron chi connectivity index (χ4n) is 5.91. The average molecular weight is 580 g/mol. The van der Waals surface area contributed by atoms with Gasteiger partial charge in [-0.1, -0.05) is 36.6 Å². The van der Waals surface area contributed by atoms with Crippen LogP contribution in [0.4, 0.5) is 0 Å². The number of aryl methyl sites for hydroxylation is 1. The molecule has 208 valence electrons. The van der Waals surface area contributed by atoms with Crippen molar-refractivity contribution in [3.05, 3.63) is 50.2 Å². The fourth-order valence-corrected chi connectivity index (χ4v) is 9.59. The minimum Gasteiger partial charge on any atom is -0.370 e. The molecule has 1 atom stereocenters. The lowest BCUT2D eigenvalue weighted by molar-refractivity contribution is -0.137. The normalized spacial score (nSPS) is 21.4. The number of benzene rings is 1. The van der Waals surface area contributed by atoms with Crippen LogP contribution in [-0.4, -0.2) is 73.9 Å². The van der Waals surface area contributed by atoms with E-state index in [0.29, 0.717) is 31.6 Å². The van der Waals surface area contributed by atoms with Gasteiger partial charge in [-0.2, -0.15) is 4.31 Å². The number of piperidine rings is 2. The summed E-state index contributed by atoms with van der Waals surface area (Å²) in [6.45, 7) is 7.08. The van der Waals surface area contributed by atoms with Gasteiger partial charge in [0, 0.05) is 42.0 Å². The Morgan fingerprint density at radius 1 is 1.11 bits per heavy atom. The summed E-state index contributed by atoms with van der Waals surface area (Å²) in [5, 5.41) is 0.238. The van der Waals surface area contributed by atoms with Gasteiger partial charge in [0.25, 0.3) is 0 Å². The summed E-state index contributed by atoms with van der Waals surface area (Å²) in [6.07, 6.45) is 7.24. The first-order valence-corrected chi connectivity index (χ1v) is 16.4. The summed E-state index contributed by atoms with van der Waals surface area (Å²) in [5.74, 6) is -0.0356. The van der Waals surface area contributed by atoms with E-state index in [1.54, 1.807) is 25.1 Å². The van der Waals surface area contributed by atoms with Crippen molar-refractivity contribution < 1.29 is 17.9 Å². The molecule has 5 rings (SSSR count). The first kappa shape index (κ1) is 28.1. The highest BCUT2D eigenvalue weighted by atomic mass is 35.5. The molecule has 4 heterocycles. The molecule has 1 aromatic carbocycles. The first-order valence-electron chi connectivity index (χ1n) is 13.8. The van der Waals surface area contributed by atoms with Gasteiger partial charge in [0.2, 0.25) is 15.9 Å². The van der Waals surface area contributed by atoms with Crippen LogP contribution in [0.2, 0.25) is 5.02 Å². The molecule has 1 amide bonds. The lowest BCUT2D eigenvalue weighted by Crippen LogP contribution is -2.47. The minimum atomic E-state index is -3.76. The van der Waals surface area contributed by atoms with Crippen molar-refractivity contribution in [2.45, 2.75) is 75.9 Å². The molecular formula is C28H38ClN3O4S2. The van der Waals surface area contributed by atoms with Crippen LogP contribution in [0.5, 0.6) is 0 Å². The zero-order valence-electron chi connectivity index (χ0n) is 22.2. The number of thiophene rings is 1. The van der Waals surface area contributed by atoms with Crippen molar-refractivity contribution >= 4 is 38.9 Å². The summed E-state index contributed by atoms with van der Waals surface area (Å²) in [4.78, 5) is 20.4. The van der Waals surface area contributed by atoms with Gasteiger partial charge >= 0.3 is 0 Å². The number of ether oxygens (including phenoxy) is 1. The summed E-state index contributed by atoms with van der Waals surface area (Å²) < 4.78 is 34.5.